The van der Waals surface area contributed by atoms with Gasteiger partial charge in [-0.15, -0.1) is 0 Å². The summed E-state index contributed by atoms with van der Waals surface area (Å²) < 4.78 is 0. The Bertz CT molecular complexity index is 1090. The molecule has 2 saturated heterocycles. The van der Waals surface area contributed by atoms with Crippen LogP contribution in [0.15, 0.2) is 48.5 Å². The summed E-state index contributed by atoms with van der Waals surface area (Å²) in [5.74, 6) is -4.84. The molecule has 8 nitrogen and oxygen atoms in total. The molecule has 158 valence electrons. The van der Waals surface area contributed by atoms with Gasteiger partial charge in [0.15, 0.2) is 5.54 Å². The second kappa shape index (κ2) is 7.61. The molecule has 8 heteroatoms. The van der Waals surface area contributed by atoms with E-state index in [4.69, 9.17) is 5.26 Å². The highest BCUT2D eigenvalue weighted by molar-refractivity contribution is 6.24. The number of carbonyl (C=O) groups is 3. The number of carboxylic acids is 1. The van der Waals surface area contributed by atoms with Crippen LogP contribution in [-0.2, 0) is 20.8 Å². The lowest BCUT2D eigenvalue weighted by Crippen LogP contribution is -2.58. The van der Waals surface area contributed by atoms with E-state index in [1.165, 1.54) is 0 Å². The monoisotopic (exact) mass is 419 g/mol. The van der Waals surface area contributed by atoms with Crippen molar-refractivity contribution < 1.29 is 24.6 Å². The predicted octanol–water partition coefficient (Wildman–Crippen LogP) is 1.39. The minimum absolute atomic E-state index is 0.373. The van der Waals surface area contributed by atoms with Crippen molar-refractivity contribution in [2.45, 2.75) is 24.9 Å². The number of carbonyl (C=O) groups excluding carboxylic acids is 2. The van der Waals surface area contributed by atoms with Gasteiger partial charge in [0, 0.05) is 6.04 Å². The number of hydrogen-bond donors (Lipinski definition) is 3. The Morgan fingerprint density at radius 2 is 1.77 bits per heavy atom. The Morgan fingerprint density at radius 1 is 1.13 bits per heavy atom. The molecule has 4 unspecified atom stereocenters. The fraction of sp³-hybridized carbons (Fsp3) is 0.304. The number of aliphatic carboxylic acids is 1. The lowest BCUT2D eigenvalue weighted by Gasteiger charge is -2.29. The minimum Gasteiger partial charge on any atom is -0.480 e. The summed E-state index contributed by atoms with van der Waals surface area (Å²) in [6.07, 6.45) is 0.796. The molecule has 2 aromatic rings. The van der Waals surface area contributed by atoms with Crippen molar-refractivity contribution in [1.29, 1.82) is 5.26 Å². The van der Waals surface area contributed by atoms with E-state index in [9.17, 15) is 24.6 Å². The first kappa shape index (κ1) is 20.7. The highest BCUT2D eigenvalue weighted by Gasteiger charge is 2.68. The number of anilines is 1. The van der Waals surface area contributed by atoms with Crippen LogP contribution in [0.2, 0.25) is 0 Å². The molecule has 0 aromatic heterocycles. The highest BCUT2D eigenvalue weighted by atomic mass is 16.4. The number of amides is 2. The molecule has 4 atom stereocenters. The van der Waals surface area contributed by atoms with Gasteiger partial charge in [-0.05, 0) is 41.8 Å². The average Bonchev–Trinajstić information content (AvgIpc) is 3.28. The number of nitriles is 1. The zero-order valence-electron chi connectivity index (χ0n) is 16.8. The van der Waals surface area contributed by atoms with Crippen molar-refractivity contribution in [3.05, 3.63) is 65.2 Å². The highest BCUT2D eigenvalue weighted by Crippen LogP contribution is 2.49. The molecule has 0 bridgehead atoms. The average molecular weight is 419 g/mol. The molecular formula is C23H21N3O5. The lowest BCUT2D eigenvalue weighted by atomic mass is 9.79. The predicted molar refractivity (Wildman–Crippen MR) is 110 cm³/mol. The van der Waals surface area contributed by atoms with E-state index < -0.39 is 47.8 Å². The number of aliphatic hydroxyl groups excluding tert-OH is 1. The molecule has 2 amide bonds. The number of hydrogen-bond acceptors (Lipinski definition) is 6. The van der Waals surface area contributed by atoms with Crippen LogP contribution >= 0.6 is 0 Å². The molecule has 0 radical (unpaired) electrons. The maximum atomic E-state index is 13.4. The minimum atomic E-state index is -1.99. The van der Waals surface area contributed by atoms with E-state index in [-0.39, 0.29) is 0 Å². The molecule has 0 saturated carbocycles. The zero-order valence-corrected chi connectivity index (χ0v) is 16.8. The van der Waals surface area contributed by atoms with E-state index in [0.717, 1.165) is 16.9 Å². The Morgan fingerprint density at radius 3 is 2.29 bits per heavy atom. The van der Waals surface area contributed by atoms with Crippen LogP contribution in [0.4, 0.5) is 5.69 Å². The van der Waals surface area contributed by atoms with Crippen molar-refractivity contribution in [2.75, 3.05) is 11.5 Å². The van der Waals surface area contributed by atoms with E-state index in [2.05, 4.69) is 5.32 Å². The smallest absolute Gasteiger partial charge is 0.327 e. The van der Waals surface area contributed by atoms with Crippen LogP contribution in [0.25, 0.3) is 0 Å². The fourth-order valence-electron chi connectivity index (χ4n) is 4.60. The summed E-state index contributed by atoms with van der Waals surface area (Å²) in [5, 5.41) is 31.9. The third-order valence-electron chi connectivity index (χ3n) is 6.29. The number of rotatable bonds is 5. The zero-order chi connectivity index (χ0) is 22.3. The molecule has 2 aliphatic rings. The summed E-state index contributed by atoms with van der Waals surface area (Å²) in [7, 11) is 0. The van der Waals surface area contributed by atoms with Gasteiger partial charge in [0.05, 0.1) is 35.8 Å². The van der Waals surface area contributed by atoms with Crippen LogP contribution in [0.5, 0.6) is 0 Å². The van der Waals surface area contributed by atoms with Gasteiger partial charge in [0.1, 0.15) is 0 Å². The fourth-order valence-corrected chi connectivity index (χ4v) is 4.60. The molecule has 3 N–H and O–H groups in total. The van der Waals surface area contributed by atoms with Crippen LogP contribution < -0.4 is 10.2 Å². The van der Waals surface area contributed by atoms with E-state index in [0.29, 0.717) is 16.8 Å². The van der Waals surface area contributed by atoms with E-state index in [1.54, 1.807) is 36.4 Å². The second-order valence-corrected chi connectivity index (χ2v) is 7.83. The third kappa shape index (κ3) is 3.02. The molecular weight excluding hydrogens is 398 g/mol. The van der Waals surface area contributed by atoms with Crippen molar-refractivity contribution in [1.82, 2.24) is 5.32 Å². The lowest BCUT2D eigenvalue weighted by molar-refractivity contribution is -0.150. The summed E-state index contributed by atoms with van der Waals surface area (Å²) in [6, 6.07) is 14.5. The SMILES string of the molecule is CCc1ccc(N2C(=O)C3C(c4ccc(C#N)cc4)NC(CO)(C(=O)O)C3C2=O)cc1. The van der Waals surface area contributed by atoms with Gasteiger partial charge in [0.2, 0.25) is 11.8 Å². The first-order valence-electron chi connectivity index (χ1n) is 9.96. The first-order chi connectivity index (χ1) is 14.9. The van der Waals surface area contributed by atoms with Gasteiger partial charge < -0.3 is 10.2 Å². The summed E-state index contributed by atoms with van der Waals surface area (Å²) in [5.41, 5.74) is 0.396. The molecule has 2 heterocycles. The van der Waals surface area contributed by atoms with Gasteiger partial charge in [0.25, 0.3) is 0 Å². The first-order valence-corrected chi connectivity index (χ1v) is 9.96. The number of nitrogens with zero attached hydrogens (tertiary/aromatic N) is 2. The number of fused-ring (bicyclic) bond motifs is 1. The summed E-state index contributed by atoms with van der Waals surface area (Å²) >= 11 is 0. The van der Waals surface area contributed by atoms with Crippen LogP contribution in [0.3, 0.4) is 0 Å². The molecule has 4 rings (SSSR count). The number of nitrogens with one attached hydrogen (secondary N) is 1. The Hall–Kier alpha value is -3.54. The van der Waals surface area contributed by atoms with Gasteiger partial charge in [-0.25, -0.2) is 4.90 Å². The van der Waals surface area contributed by atoms with E-state index in [1.807, 2.05) is 25.1 Å². The van der Waals surface area contributed by atoms with Crippen LogP contribution in [0, 0.1) is 23.2 Å². The quantitative estimate of drug-likeness (QED) is 0.624. The Labute approximate surface area is 178 Å². The van der Waals surface area contributed by atoms with Crippen molar-refractivity contribution in [3.63, 3.8) is 0 Å². The topological polar surface area (TPSA) is 131 Å². The number of imide groups is 1. The number of benzene rings is 2. The van der Waals surface area contributed by atoms with Gasteiger partial charge in [-0.3, -0.25) is 19.7 Å². The van der Waals surface area contributed by atoms with Gasteiger partial charge in [-0.2, -0.15) is 5.26 Å². The number of aliphatic hydroxyl groups is 1. The molecule has 0 aliphatic carbocycles. The molecule has 2 fully saturated rings. The normalized spacial score (nSPS) is 27.3. The summed E-state index contributed by atoms with van der Waals surface area (Å²) in [4.78, 5) is 40.0. The largest absolute Gasteiger partial charge is 0.480 e. The van der Waals surface area contributed by atoms with Crippen LogP contribution in [0.1, 0.15) is 29.7 Å². The molecule has 31 heavy (non-hydrogen) atoms. The third-order valence-corrected chi connectivity index (χ3v) is 6.29. The van der Waals surface area contributed by atoms with Crippen molar-refractivity contribution >= 4 is 23.5 Å². The van der Waals surface area contributed by atoms with Gasteiger partial charge >= 0.3 is 5.97 Å². The van der Waals surface area contributed by atoms with Gasteiger partial charge in [-0.1, -0.05) is 31.2 Å². The standard InChI is InChI=1S/C23H21N3O5/c1-2-13-5-9-16(10-6-13)26-20(28)17-18(21(26)29)23(12-27,22(30)31)25-19(17)15-7-3-14(11-24)4-8-15/h3-10,17-19,25,27H,2,12H2,1H3,(H,30,31). The van der Waals surface area contributed by atoms with Crippen molar-refractivity contribution in [3.8, 4) is 6.07 Å². The molecule has 0 spiro atoms. The number of aryl methyl sites for hydroxylation is 1. The van der Waals surface area contributed by atoms with Crippen molar-refractivity contribution in [2.24, 2.45) is 11.8 Å². The molecule has 2 aromatic carbocycles. The maximum Gasteiger partial charge on any atom is 0.327 e. The molecule has 2 aliphatic heterocycles. The van der Waals surface area contributed by atoms with Crippen LogP contribution in [-0.4, -0.2) is 40.1 Å². The summed E-state index contributed by atoms with van der Waals surface area (Å²) in [6.45, 7) is 1.14. The number of carboxylic acid groups (broad SMARTS) is 1. The Kier molecular flexibility index (Phi) is 5.09. The van der Waals surface area contributed by atoms with E-state index >= 15 is 0 Å². The Balaban J connectivity index is 1.81. The maximum absolute atomic E-state index is 13.4. The second-order valence-electron chi connectivity index (χ2n) is 7.83.